The second kappa shape index (κ2) is 6.45. The lowest BCUT2D eigenvalue weighted by atomic mass is 10.2. The van der Waals surface area contributed by atoms with Crippen LogP contribution in [0.25, 0.3) is 0 Å². The van der Waals surface area contributed by atoms with Crippen molar-refractivity contribution in [3.8, 4) is 23.0 Å². The summed E-state index contributed by atoms with van der Waals surface area (Å²) in [5.74, 6) is 1.53. The van der Waals surface area contributed by atoms with Crippen LogP contribution < -0.4 is 19.9 Å². The number of rotatable bonds is 2. The number of alkyl halides is 3. The lowest BCUT2D eigenvalue weighted by Gasteiger charge is -2.20. The van der Waals surface area contributed by atoms with Crippen LogP contribution in [0.2, 0.25) is 0 Å². The summed E-state index contributed by atoms with van der Waals surface area (Å²) < 4.78 is 53.8. The summed E-state index contributed by atoms with van der Waals surface area (Å²) in [5, 5.41) is 0. The van der Waals surface area contributed by atoms with Gasteiger partial charge in [0.2, 0.25) is 0 Å². The Morgan fingerprint density at radius 3 is 2.26 bits per heavy atom. The molecule has 8 heteroatoms. The molecule has 1 aliphatic rings. The first-order valence-electron chi connectivity index (χ1n) is 6.48. The average Bonchev–Trinajstić information content (AvgIpc) is 2.47. The minimum atomic E-state index is -4.38. The van der Waals surface area contributed by atoms with Crippen LogP contribution in [0.1, 0.15) is 5.56 Å². The number of fused-ring (bicyclic) bond motifs is 1. The summed E-state index contributed by atoms with van der Waals surface area (Å²) in [6, 6.07) is 7.52. The molecule has 0 saturated carbocycles. The van der Waals surface area contributed by atoms with Gasteiger partial charge < -0.3 is 19.9 Å². The van der Waals surface area contributed by atoms with Crippen molar-refractivity contribution < 1.29 is 27.4 Å². The van der Waals surface area contributed by atoms with E-state index in [0.717, 1.165) is 12.1 Å². The number of benzene rings is 2. The fourth-order valence-electron chi connectivity index (χ4n) is 2.06. The van der Waals surface area contributed by atoms with Crippen molar-refractivity contribution in [2.24, 2.45) is 0 Å². The Morgan fingerprint density at radius 1 is 0.957 bits per heavy atom. The van der Waals surface area contributed by atoms with Gasteiger partial charge in [0, 0.05) is 12.1 Å². The molecule has 2 aromatic rings. The Kier molecular flexibility index (Phi) is 4.79. The molecule has 0 atom stereocenters. The third-order valence-corrected chi connectivity index (χ3v) is 3.06. The number of anilines is 1. The maximum Gasteiger partial charge on any atom is 0.416 e. The fourth-order valence-corrected chi connectivity index (χ4v) is 2.06. The van der Waals surface area contributed by atoms with Crippen LogP contribution in [0.15, 0.2) is 36.4 Å². The highest BCUT2D eigenvalue weighted by atomic mass is 35.5. The van der Waals surface area contributed by atoms with Gasteiger partial charge in [-0.25, -0.2) is 0 Å². The first-order chi connectivity index (χ1) is 10.4. The summed E-state index contributed by atoms with van der Waals surface area (Å²) in [6.07, 6.45) is -4.38. The lowest BCUT2D eigenvalue weighted by molar-refractivity contribution is -0.137. The Balaban J connectivity index is 0.00000192. The van der Waals surface area contributed by atoms with Crippen LogP contribution in [0.5, 0.6) is 23.0 Å². The first kappa shape index (κ1) is 17.1. The third kappa shape index (κ3) is 3.73. The molecule has 2 aromatic carbocycles. The van der Waals surface area contributed by atoms with E-state index in [-0.39, 0.29) is 18.2 Å². The van der Waals surface area contributed by atoms with E-state index < -0.39 is 11.7 Å². The van der Waals surface area contributed by atoms with Crippen molar-refractivity contribution in [3.05, 3.63) is 42.0 Å². The van der Waals surface area contributed by atoms with E-state index >= 15 is 0 Å². The SMILES string of the molecule is Cl.Nc1cc(Oc2ccc(C(F)(F)F)cc2)cc2c1OCCO2. The van der Waals surface area contributed by atoms with E-state index in [2.05, 4.69) is 0 Å². The second-order valence-electron chi connectivity index (χ2n) is 4.66. The average molecular weight is 348 g/mol. The highest BCUT2D eigenvalue weighted by Crippen LogP contribution is 2.41. The highest BCUT2D eigenvalue weighted by molar-refractivity contribution is 5.85. The monoisotopic (exact) mass is 347 g/mol. The van der Waals surface area contributed by atoms with Gasteiger partial charge in [-0.1, -0.05) is 0 Å². The quantitative estimate of drug-likeness (QED) is 0.824. The fraction of sp³-hybridized carbons (Fsp3) is 0.200. The predicted octanol–water partition coefficient (Wildman–Crippen LogP) is 4.27. The molecule has 4 nitrogen and oxygen atoms in total. The van der Waals surface area contributed by atoms with Crippen molar-refractivity contribution in [3.63, 3.8) is 0 Å². The molecule has 2 N–H and O–H groups in total. The molecule has 23 heavy (non-hydrogen) atoms. The van der Waals surface area contributed by atoms with Crippen LogP contribution in [0, 0.1) is 0 Å². The van der Waals surface area contributed by atoms with Crippen LogP contribution in [0.4, 0.5) is 18.9 Å². The van der Waals surface area contributed by atoms with E-state index in [0.29, 0.717) is 36.1 Å². The summed E-state index contributed by atoms with van der Waals surface area (Å²) >= 11 is 0. The van der Waals surface area contributed by atoms with E-state index in [1.807, 2.05) is 0 Å². The largest absolute Gasteiger partial charge is 0.486 e. The number of halogens is 4. The Morgan fingerprint density at radius 2 is 1.61 bits per heavy atom. The summed E-state index contributed by atoms with van der Waals surface area (Å²) in [5.41, 5.74) is 5.45. The molecule has 3 rings (SSSR count). The van der Waals surface area contributed by atoms with E-state index in [9.17, 15) is 13.2 Å². The molecule has 124 valence electrons. The van der Waals surface area contributed by atoms with Crippen molar-refractivity contribution in [2.45, 2.75) is 6.18 Å². The maximum atomic E-state index is 12.5. The van der Waals surface area contributed by atoms with E-state index in [1.54, 1.807) is 6.07 Å². The van der Waals surface area contributed by atoms with Gasteiger partial charge in [0.15, 0.2) is 11.5 Å². The summed E-state index contributed by atoms with van der Waals surface area (Å²) in [7, 11) is 0. The number of ether oxygens (including phenoxy) is 3. The number of hydrogen-bond acceptors (Lipinski definition) is 4. The van der Waals surface area contributed by atoms with Crippen molar-refractivity contribution >= 4 is 18.1 Å². The molecule has 0 bridgehead atoms. The van der Waals surface area contributed by atoms with Gasteiger partial charge in [-0.15, -0.1) is 12.4 Å². The molecule has 1 heterocycles. The van der Waals surface area contributed by atoms with Crippen LogP contribution in [-0.2, 0) is 6.18 Å². The summed E-state index contributed by atoms with van der Waals surface area (Å²) in [4.78, 5) is 0. The standard InChI is InChI=1S/C15H12F3NO3.ClH/c16-15(17,18)9-1-3-10(4-2-9)22-11-7-12(19)14-13(8-11)20-5-6-21-14;/h1-4,7-8H,5-6,19H2;1H. The van der Waals surface area contributed by atoms with Gasteiger partial charge in [0.1, 0.15) is 24.7 Å². The predicted molar refractivity (Wildman–Crippen MR) is 80.6 cm³/mol. The second-order valence-corrected chi connectivity index (χ2v) is 4.66. The zero-order valence-electron chi connectivity index (χ0n) is 11.7. The van der Waals surface area contributed by atoms with Crippen molar-refractivity contribution in [2.75, 3.05) is 18.9 Å². The van der Waals surface area contributed by atoms with Gasteiger partial charge in [0.05, 0.1) is 11.3 Å². The molecule has 0 saturated heterocycles. The van der Waals surface area contributed by atoms with Crippen LogP contribution in [-0.4, -0.2) is 13.2 Å². The van der Waals surface area contributed by atoms with Crippen molar-refractivity contribution in [1.29, 1.82) is 0 Å². The molecular weight excluding hydrogens is 335 g/mol. The molecule has 0 aromatic heterocycles. The smallest absolute Gasteiger partial charge is 0.416 e. The molecule has 1 aliphatic heterocycles. The van der Waals surface area contributed by atoms with Crippen LogP contribution >= 0.6 is 12.4 Å². The van der Waals surface area contributed by atoms with Crippen LogP contribution in [0.3, 0.4) is 0 Å². The van der Waals surface area contributed by atoms with Gasteiger partial charge in [-0.05, 0) is 24.3 Å². The van der Waals surface area contributed by atoms with E-state index in [4.69, 9.17) is 19.9 Å². The molecular formula is C15H13ClF3NO3. The maximum absolute atomic E-state index is 12.5. The van der Waals surface area contributed by atoms with Gasteiger partial charge in [0.25, 0.3) is 0 Å². The zero-order chi connectivity index (χ0) is 15.7. The Hall–Kier alpha value is -2.28. The zero-order valence-corrected chi connectivity index (χ0v) is 12.5. The first-order valence-corrected chi connectivity index (χ1v) is 6.48. The molecule has 0 radical (unpaired) electrons. The minimum Gasteiger partial charge on any atom is -0.486 e. The van der Waals surface area contributed by atoms with E-state index in [1.165, 1.54) is 18.2 Å². The van der Waals surface area contributed by atoms with Gasteiger partial charge in [-0.2, -0.15) is 13.2 Å². The Labute approximate surface area is 136 Å². The highest BCUT2D eigenvalue weighted by Gasteiger charge is 2.30. The molecule has 0 spiro atoms. The minimum absolute atomic E-state index is 0. The third-order valence-electron chi connectivity index (χ3n) is 3.06. The molecule has 0 unspecified atom stereocenters. The van der Waals surface area contributed by atoms with Gasteiger partial charge in [-0.3, -0.25) is 0 Å². The number of nitrogens with two attached hydrogens (primary N) is 1. The van der Waals surface area contributed by atoms with Gasteiger partial charge >= 0.3 is 6.18 Å². The lowest BCUT2D eigenvalue weighted by Crippen LogP contribution is -2.16. The molecule has 0 amide bonds. The molecule has 0 fully saturated rings. The summed E-state index contributed by atoms with van der Waals surface area (Å²) in [6.45, 7) is 0.812. The Bertz CT molecular complexity index is 690. The van der Waals surface area contributed by atoms with Crippen molar-refractivity contribution in [1.82, 2.24) is 0 Å². The molecule has 0 aliphatic carbocycles. The topological polar surface area (TPSA) is 53.7 Å². The number of hydrogen-bond donors (Lipinski definition) is 1. The number of nitrogen functional groups attached to an aromatic ring is 1. The normalized spacial score (nSPS) is 13.2.